The number of hydrogen-bond acceptors (Lipinski definition) is 3. The van der Waals surface area contributed by atoms with Gasteiger partial charge >= 0.3 is 0 Å². The van der Waals surface area contributed by atoms with Crippen LogP contribution in [0.4, 0.5) is 0 Å². The molecule has 0 aromatic carbocycles. The van der Waals surface area contributed by atoms with Gasteiger partial charge in [-0.3, -0.25) is 9.59 Å². The molecule has 2 atom stereocenters. The lowest BCUT2D eigenvalue weighted by Crippen LogP contribution is -2.39. The van der Waals surface area contributed by atoms with E-state index in [1.165, 1.54) is 6.92 Å². The second-order valence-electron chi connectivity index (χ2n) is 3.99. The lowest BCUT2D eigenvalue weighted by atomic mass is 10.4. The summed E-state index contributed by atoms with van der Waals surface area (Å²) in [5.41, 5.74) is 0. The molecule has 5 heteroatoms. The average Bonchev–Trinajstić information content (AvgIpc) is 2.63. The fourth-order valence-electron chi connectivity index (χ4n) is 2.07. The monoisotopic (exact) mass is 197 g/mol. The van der Waals surface area contributed by atoms with Crippen LogP contribution < -0.4 is 16.0 Å². The van der Waals surface area contributed by atoms with Gasteiger partial charge < -0.3 is 16.0 Å². The molecule has 1 saturated heterocycles. The molecule has 1 aliphatic heterocycles. The maximum Gasteiger partial charge on any atom is 0.239 e. The van der Waals surface area contributed by atoms with Crippen LogP contribution in [-0.2, 0) is 9.59 Å². The fourth-order valence-corrected chi connectivity index (χ4v) is 2.07. The molecule has 5 nitrogen and oxygen atoms in total. The molecule has 1 aliphatic carbocycles. The Kier molecular flexibility index (Phi) is 2.41. The molecule has 1 saturated carbocycles. The Morgan fingerprint density at radius 1 is 1.36 bits per heavy atom. The highest BCUT2D eigenvalue weighted by Gasteiger charge is 2.53. The molecule has 0 spiro atoms. The van der Waals surface area contributed by atoms with E-state index in [2.05, 4.69) is 16.0 Å². The van der Waals surface area contributed by atoms with Crippen molar-refractivity contribution in [1.29, 1.82) is 0 Å². The van der Waals surface area contributed by atoms with Crippen LogP contribution in [0.1, 0.15) is 6.92 Å². The third kappa shape index (κ3) is 1.87. The van der Waals surface area contributed by atoms with Crippen LogP contribution in [0.3, 0.4) is 0 Å². The van der Waals surface area contributed by atoms with E-state index in [1.807, 2.05) is 0 Å². The van der Waals surface area contributed by atoms with Crippen molar-refractivity contribution in [2.45, 2.75) is 13.0 Å². The first kappa shape index (κ1) is 9.45. The van der Waals surface area contributed by atoms with Crippen LogP contribution in [0.15, 0.2) is 0 Å². The Balaban J connectivity index is 1.66. The highest BCUT2D eigenvalue weighted by Crippen LogP contribution is 2.41. The molecule has 78 valence electrons. The van der Waals surface area contributed by atoms with Crippen molar-refractivity contribution < 1.29 is 9.59 Å². The highest BCUT2D eigenvalue weighted by molar-refractivity contribution is 5.84. The average molecular weight is 197 g/mol. The minimum Gasteiger partial charge on any atom is -0.351 e. The Morgan fingerprint density at radius 3 is 2.57 bits per heavy atom. The number of carbonyl (C=O) groups excluding carboxylic acids is 2. The van der Waals surface area contributed by atoms with E-state index in [1.54, 1.807) is 0 Å². The quantitative estimate of drug-likeness (QED) is 0.513. The van der Waals surface area contributed by atoms with Crippen LogP contribution in [0.25, 0.3) is 0 Å². The summed E-state index contributed by atoms with van der Waals surface area (Å²) in [5, 5.41) is 8.65. The summed E-state index contributed by atoms with van der Waals surface area (Å²) >= 11 is 0. The second-order valence-corrected chi connectivity index (χ2v) is 3.99. The van der Waals surface area contributed by atoms with Gasteiger partial charge in [0.05, 0.1) is 6.54 Å². The van der Waals surface area contributed by atoms with E-state index in [4.69, 9.17) is 0 Å². The first-order valence-electron chi connectivity index (χ1n) is 4.93. The van der Waals surface area contributed by atoms with Crippen LogP contribution in [0.5, 0.6) is 0 Å². The lowest BCUT2D eigenvalue weighted by molar-refractivity contribution is -0.125. The summed E-state index contributed by atoms with van der Waals surface area (Å²) in [7, 11) is 0. The van der Waals surface area contributed by atoms with E-state index < -0.39 is 0 Å². The van der Waals surface area contributed by atoms with Gasteiger partial charge in [-0.25, -0.2) is 0 Å². The Bertz CT molecular complexity index is 257. The predicted molar refractivity (Wildman–Crippen MR) is 50.5 cm³/mol. The zero-order valence-electron chi connectivity index (χ0n) is 8.17. The van der Waals surface area contributed by atoms with Gasteiger partial charge in [0, 0.05) is 26.1 Å². The smallest absolute Gasteiger partial charge is 0.239 e. The summed E-state index contributed by atoms with van der Waals surface area (Å²) in [5.74, 6) is 0.991. The van der Waals surface area contributed by atoms with Crippen LogP contribution in [0, 0.1) is 11.8 Å². The van der Waals surface area contributed by atoms with Crippen molar-refractivity contribution in [3.05, 3.63) is 0 Å². The summed E-state index contributed by atoms with van der Waals surface area (Å²) in [4.78, 5) is 21.8. The Hall–Kier alpha value is -1.10. The standard InChI is InChI=1S/C9H15N3O2/c1-5(13)11-4-8(14)12-9-6-2-10-3-7(6)9/h6-7,9-10H,2-4H2,1H3,(H,11,13)(H,12,14). The van der Waals surface area contributed by atoms with Crippen LogP contribution >= 0.6 is 0 Å². The SMILES string of the molecule is CC(=O)NCC(=O)NC1C2CNCC21. The summed E-state index contributed by atoms with van der Waals surface area (Å²) in [6.07, 6.45) is 0. The Labute approximate surface area is 82.6 Å². The molecule has 1 heterocycles. The van der Waals surface area contributed by atoms with Crippen molar-refractivity contribution in [2.24, 2.45) is 11.8 Å². The maximum atomic E-state index is 11.3. The predicted octanol–water partition coefficient (Wildman–Crippen LogP) is -1.54. The van der Waals surface area contributed by atoms with E-state index >= 15 is 0 Å². The van der Waals surface area contributed by atoms with Gasteiger partial charge in [0.1, 0.15) is 0 Å². The third-order valence-corrected chi connectivity index (χ3v) is 2.92. The molecule has 2 amide bonds. The van der Waals surface area contributed by atoms with E-state index in [0.717, 1.165) is 13.1 Å². The molecule has 3 N–H and O–H groups in total. The number of piperidine rings is 1. The van der Waals surface area contributed by atoms with Gasteiger partial charge in [-0.05, 0) is 11.8 Å². The first-order valence-corrected chi connectivity index (χ1v) is 4.93. The molecule has 2 unspecified atom stereocenters. The zero-order valence-corrected chi connectivity index (χ0v) is 8.17. The normalized spacial score (nSPS) is 33.4. The van der Waals surface area contributed by atoms with Crippen molar-refractivity contribution in [1.82, 2.24) is 16.0 Å². The van der Waals surface area contributed by atoms with Gasteiger partial charge in [-0.2, -0.15) is 0 Å². The van der Waals surface area contributed by atoms with Crippen molar-refractivity contribution in [3.63, 3.8) is 0 Å². The van der Waals surface area contributed by atoms with Crippen molar-refractivity contribution in [2.75, 3.05) is 19.6 Å². The summed E-state index contributed by atoms with van der Waals surface area (Å²) < 4.78 is 0. The van der Waals surface area contributed by atoms with E-state index in [-0.39, 0.29) is 18.4 Å². The van der Waals surface area contributed by atoms with Gasteiger partial charge in [0.15, 0.2) is 0 Å². The topological polar surface area (TPSA) is 70.2 Å². The molecule has 2 aliphatic rings. The number of fused-ring (bicyclic) bond motifs is 1. The molecule has 0 bridgehead atoms. The molecule has 2 rings (SSSR count). The number of carbonyl (C=O) groups is 2. The number of hydrogen-bond donors (Lipinski definition) is 3. The third-order valence-electron chi connectivity index (χ3n) is 2.92. The minimum absolute atomic E-state index is 0.0837. The van der Waals surface area contributed by atoms with Gasteiger partial charge in [-0.15, -0.1) is 0 Å². The largest absolute Gasteiger partial charge is 0.351 e. The van der Waals surface area contributed by atoms with Crippen molar-refractivity contribution >= 4 is 11.8 Å². The second kappa shape index (κ2) is 3.57. The molecule has 0 aromatic heterocycles. The van der Waals surface area contributed by atoms with Gasteiger partial charge in [0.25, 0.3) is 0 Å². The van der Waals surface area contributed by atoms with E-state index in [0.29, 0.717) is 17.9 Å². The summed E-state index contributed by atoms with van der Waals surface area (Å²) in [6, 6.07) is 0.345. The molecule has 0 aromatic rings. The molecular formula is C9H15N3O2. The minimum atomic E-state index is -0.169. The van der Waals surface area contributed by atoms with Gasteiger partial charge in [0.2, 0.25) is 11.8 Å². The molecule has 14 heavy (non-hydrogen) atoms. The van der Waals surface area contributed by atoms with Crippen molar-refractivity contribution in [3.8, 4) is 0 Å². The lowest BCUT2D eigenvalue weighted by Gasteiger charge is -2.07. The highest BCUT2D eigenvalue weighted by atomic mass is 16.2. The van der Waals surface area contributed by atoms with Crippen LogP contribution in [0.2, 0.25) is 0 Å². The number of amides is 2. The Morgan fingerprint density at radius 2 is 2.00 bits per heavy atom. The van der Waals surface area contributed by atoms with E-state index in [9.17, 15) is 9.59 Å². The van der Waals surface area contributed by atoms with Gasteiger partial charge in [-0.1, -0.05) is 0 Å². The fraction of sp³-hybridized carbons (Fsp3) is 0.778. The molecule has 2 fully saturated rings. The zero-order chi connectivity index (χ0) is 10.1. The number of rotatable bonds is 3. The first-order chi connectivity index (χ1) is 6.68. The number of nitrogens with one attached hydrogen (secondary N) is 3. The molecule has 0 radical (unpaired) electrons. The summed E-state index contributed by atoms with van der Waals surface area (Å²) in [6.45, 7) is 3.52. The van der Waals surface area contributed by atoms with Crippen LogP contribution in [-0.4, -0.2) is 37.5 Å². The molecular weight excluding hydrogens is 182 g/mol. The maximum absolute atomic E-state index is 11.3.